The van der Waals surface area contributed by atoms with E-state index in [4.69, 9.17) is 4.74 Å². The Bertz CT molecular complexity index is 1990. The zero-order valence-corrected chi connectivity index (χ0v) is 29.1. The van der Waals surface area contributed by atoms with Gasteiger partial charge in [0.1, 0.15) is 17.1 Å². The number of imide groups is 1. The highest BCUT2D eigenvalue weighted by atomic mass is 19.1. The summed E-state index contributed by atoms with van der Waals surface area (Å²) in [6, 6.07) is 11.8. The number of H-pyrrole nitrogens is 1. The van der Waals surface area contributed by atoms with E-state index in [0.717, 1.165) is 31.5 Å². The number of halogens is 1. The van der Waals surface area contributed by atoms with Gasteiger partial charge in [-0.15, -0.1) is 0 Å². The first-order valence-corrected chi connectivity index (χ1v) is 17.7. The lowest BCUT2D eigenvalue weighted by molar-refractivity contribution is -0.136. The molecule has 2 aromatic heterocycles. The van der Waals surface area contributed by atoms with E-state index in [0.29, 0.717) is 97.8 Å². The van der Waals surface area contributed by atoms with E-state index in [-0.39, 0.29) is 35.0 Å². The number of aromatic amines is 1. The SMILES string of the molecule is COc1cc(-c2cn(C)c(=O)c3[nH]ncc23)cc(F)c1CN1CCN(C(=O)CN2CCC(c3ccc(CC4CCC(=O)NC4=O)cc3)CC2)CC1. The van der Waals surface area contributed by atoms with Crippen LogP contribution < -0.4 is 15.6 Å². The van der Waals surface area contributed by atoms with Gasteiger partial charge in [-0.2, -0.15) is 5.10 Å². The quantitative estimate of drug-likeness (QED) is 0.255. The van der Waals surface area contributed by atoms with Crippen molar-refractivity contribution in [1.82, 2.24) is 34.8 Å². The Morgan fingerprint density at radius 1 is 0.980 bits per heavy atom. The molecule has 0 aliphatic carbocycles. The van der Waals surface area contributed by atoms with Crippen LogP contribution in [0.4, 0.5) is 4.39 Å². The van der Waals surface area contributed by atoms with E-state index in [1.807, 2.05) is 4.90 Å². The number of piperidine rings is 2. The number of amides is 3. The number of methoxy groups -OCH3 is 1. The number of benzene rings is 2. The predicted octanol–water partition coefficient (Wildman–Crippen LogP) is 3.20. The average molecular weight is 698 g/mol. The number of hydrogen-bond donors (Lipinski definition) is 2. The van der Waals surface area contributed by atoms with Crippen molar-refractivity contribution in [3.8, 4) is 16.9 Å². The molecule has 51 heavy (non-hydrogen) atoms. The molecule has 3 aliphatic heterocycles. The van der Waals surface area contributed by atoms with Crippen LogP contribution in [-0.2, 0) is 34.4 Å². The monoisotopic (exact) mass is 697 g/mol. The summed E-state index contributed by atoms with van der Waals surface area (Å²) in [4.78, 5) is 55.6. The van der Waals surface area contributed by atoms with Crippen molar-refractivity contribution in [2.45, 2.75) is 44.6 Å². The number of pyridine rings is 1. The second-order valence-corrected chi connectivity index (χ2v) is 14.1. The Kier molecular flexibility index (Phi) is 10.0. The molecule has 3 aliphatic rings. The third-order valence-electron chi connectivity index (χ3n) is 10.8. The first kappa shape index (κ1) is 34.6. The van der Waals surface area contributed by atoms with Crippen molar-refractivity contribution in [2.75, 3.05) is 52.9 Å². The molecule has 268 valence electrons. The van der Waals surface area contributed by atoms with E-state index < -0.39 is 0 Å². The molecule has 5 heterocycles. The minimum Gasteiger partial charge on any atom is -0.496 e. The maximum absolute atomic E-state index is 15.7. The molecule has 2 aromatic carbocycles. The van der Waals surface area contributed by atoms with Gasteiger partial charge >= 0.3 is 0 Å². The van der Waals surface area contributed by atoms with Crippen molar-refractivity contribution < 1.29 is 23.5 Å². The molecule has 0 bridgehead atoms. The molecule has 3 amide bonds. The number of ether oxygens (including phenoxy) is 1. The Morgan fingerprint density at radius 3 is 2.43 bits per heavy atom. The summed E-state index contributed by atoms with van der Waals surface area (Å²) in [6.07, 6.45) is 6.85. The highest BCUT2D eigenvalue weighted by Crippen LogP contribution is 2.34. The number of aromatic nitrogens is 3. The third-order valence-corrected chi connectivity index (χ3v) is 10.8. The number of piperazine rings is 1. The lowest BCUT2D eigenvalue weighted by Gasteiger charge is -2.37. The molecule has 1 atom stereocenters. The molecule has 0 spiro atoms. The summed E-state index contributed by atoms with van der Waals surface area (Å²) in [5.41, 5.74) is 4.28. The minimum atomic E-state index is -0.389. The van der Waals surface area contributed by atoms with Gasteiger partial charge in [-0.1, -0.05) is 24.3 Å². The lowest BCUT2D eigenvalue weighted by Crippen LogP contribution is -2.51. The number of likely N-dealkylation sites (tertiary alicyclic amines) is 1. The molecule has 12 nitrogen and oxygen atoms in total. The molecule has 2 N–H and O–H groups in total. The number of nitrogens with zero attached hydrogens (tertiary/aromatic N) is 5. The second-order valence-electron chi connectivity index (χ2n) is 14.1. The lowest BCUT2D eigenvalue weighted by atomic mass is 9.87. The van der Waals surface area contributed by atoms with Gasteiger partial charge in [-0.3, -0.25) is 39.4 Å². The maximum atomic E-state index is 15.7. The zero-order chi connectivity index (χ0) is 35.6. The Balaban J connectivity index is 0.886. The summed E-state index contributed by atoms with van der Waals surface area (Å²) >= 11 is 0. The van der Waals surface area contributed by atoms with Crippen LogP contribution in [0.15, 0.2) is 53.6 Å². The minimum absolute atomic E-state index is 0.127. The first-order valence-electron chi connectivity index (χ1n) is 17.7. The fraction of sp³-hybridized carbons (Fsp3) is 0.447. The molecule has 3 fully saturated rings. The van der Waals surface area contributed by atoms with Gasteiger partial charge in [0.2, 0.25) is 17.7 Å². The van der Waals surface area contributed by atoms with Gasteiger partial charge in [-0.05, 0) is 73.5 Å². The molecule has 3 saturated heterocycles. The standard InChI is InChI=1S/C38H44FN7O5/c1-43-21-30(29-20-40-42-36(29)38(43)50)28-18-32(39)31(33(19-28)51-2)22-45-13-15-46(16-14-45)35(48)23-44-11-9-26(10-12-44)25-5-3-24(4-6-25)17-27-7-8-34(47)41-37(27)49/h3-6,18-21,26-27H,7-17,22-23H2,1-2H3,(H,40,42)(H,41,47,49). The Morgan fingerprint density at radius 2 is 1.73 bits per heavy atom. The van der Waals surface area contributed by atoms with Crippen LogP contribution in [0.25, 0.3) is 22.0 Å². The second kappa shape index (κ2) is 14.8. The Hall–Kier alpha value is -4.88. The highest BCUT2D eigenvalue weighted by Gasteiger charge is 2.29. The smallest absolute Gasteiger partial charge is 0.276 e. The molecular formula is C38H44FN7O5. The topological polar surface area (TPSA) is 133 Å². The number of rotatable bonds is 9. The number of carbonyl (C=O) groups excluding carboxylic acids is 3. The number of hydrogen-bond acceptors (Lipinski definition) is 8. The van der Waals surface area contributed by atoms with E-state index in [1.54, 1.807) is 25.5 Å². The van der Waals surface area contributed by atoms with Gasteiger partial charge in [-0.25, -0.2) is 4.39 Å². The van der Waals surface area contributed by atoms with Crippen LogP contribution >= 0.6 is 0 Å². The van der Waals surface area contributed by atoms with Gasteiger partial charge in [0, 0.05) is 74.8 Å². The molecule has 0 radical (unpaired) electrons. The summed E-state index contributed by atoms with van der Waals surface area (Å²) < 4.78 is 22.8. The normalized spacial score (nSPS) is 19.4. The molecule has 4 aromatic rings. The van der Waals surface area contributed by atoms with Gasteiger partial charge in [0.25, 0.3) is 5.56 Å². The fourth-order valence-corrected chi connectivity index (χ4v) is 7.72. The van der Waals surface area contributed by atoms with Gasteiger partial charge in [0.05, 0.1) is 19.9 Å². The summed E-state index contributed by atoms with van der Waals surface area (Å²) in [6.45, 7) is 4.90. The van der Waals surface area contributed by atoms with E-state index in [9.17, 15) is 19.2 Å². The van der Waals surface area contributed by atoms with E-state index in [2.05, 4.69) is 49.6 Å². The predicted molar refractivity (Wildman–Crippen MR) is 190 cm³/mol. The summed E-state index contributed by atoms with van der Waals surface area (Å²) in [5.74, 6) is 0.0896. The van der Waals surface area contributed by atoms with Gasteiger partial charge < -0.3 is 14.2 Å². The van der Waals surface area contributed by atoms with Crippen molar-refractivity contribution in [2.24, 2.45) is 13.0 Å². The first-order chi connectivity index (χ1) is 24.7. The average Bonchev–Trinajstić information content (AvgIpc) is 3.63. The molecule has 13 heteroatoms. The van der Waals surface area contributed by atoms with E-state index >= 15 is 4.39 Å². The third kappa shape index (κ3) is 7.45. The van der Waals surface area contributed by atoms with Crippen LogP contribution in [0.2, 0.25) is 0 Å². The molecule has 7 rings (SSSR count). The van der Waals surface area contributed by atoms with Crippen LogP contribution in [0, 0.1) is 11.7 Å². The number of nitrogens with one attached hydrogen (secondary N) is 2. The Labute approximate surface area is 295 Å². The summed E-state index contributed by atoms with van der Waals surface area (Å²) in [7, 11) is 3.18. The van der Waals surface area contributed by atoms with Crippen LogP contribution in [-0.4, -0.2) is 100 Å². The molecule has 0 saturated carbocycles. The van der Waals surface area contributed by atoms with Crippen LogP contribution in [0.3, 0.4) is 0 Å². The highest BCUT2D eigenvalue weighted by molar-refractivity contribution is 5.98. The van der Waals surface area contributed by atoms with Crippen molar-refractivity contribution in [3.05, 3.63) is 81.7 Å². The molecular weight excluding hydrogens is 653 g/mol. The van der Waals surface area contributed by atoms with Gasteiger partial charge in [0.15, 0.2) is 0 Å². The number of fused-ring (bicyclic) bond motifs is 1. The van der Waals surface area contributed by atoms with Crippen molar-refractivity contribution in [3.63, 3.8) is 0 Å². The van der Waals surface area contributed by atoms with E-state index in [1.165, 1.54) is 23.3 Å². The summed E-state index contributed by atoms with van der Waals surface area (Å²) in [5, 5.41) is 9.82. The van der Waals surface area contributed by atoms with Crippen LogP contribution in [0.1, 0.15) is 48.3 Å². The van der Waals surface area contributed by atoms with Crippen molar-refractivity contribution in [1.29, 1.82) is 0 Å². The molecule has 1 unspecified atom stereocenters. The van der Waals surface area contributed by atoms with Crippen molar-refractivity contribution >= 4 is 28.6 Å². The fourth-order valence-electron chi connectivity index (χ4n) is 7.72. The van der Waals surface area contributed by atoms with Crippen LogP contribution in [0.5, 0.6) is 5.75 Å². The zero-order valence-electron chi connectivity index (χ0n) is 29.1. The maximum Gasteiger partial charge on any atom is 0.276 e. The largest absolute Gasteiger partial charge is 0.496 e. The number of carbonyl (C=O) groups is 3. The number of aryl methyl sites for hydroxylation is 1.